The summed E-state index contributed by atoms with van der Waals surface area (Å²) < 4.78 is 7.68. The molecule has 0 radical (unpaired) electrons. The third-order valence-electron chi connectivity index (χ3n) is 3.91. The van der Waals surface area contributed by atoms with Gasteiger partial charge >= 0.3 is 0 Å². The molecule has 25 heavy (non-hydrogen) atoms. The second-order valence-corrected chi connectivity index (χ2v) is 5.89. The standard InChI is InChI=1S/C20H23N3O2/c1-2-14-23-18-12-7-6-11-17(18)21-20(23)22-19(24)13-8-15-25-16-9-4-3-5-10-16/h3-7,9-12H,2,8,13-15H2,1H3,(H,21,22,24). The second kappa shape index (κ2) is 8.33. The summed E-state index contributed by atoms with van der Waals surface area (Å²) in [5.74, 6) is 1.41. The van der Waals surface area contributed by atoms with Crippen LogP contribution >= 0.6 is 0 Å². The van der Waals surface area contributed by atoms with E-state index in [9.17, 15) is 4.79 Å². The van der Waals surface area contributed by atoms with Gasteiger partial charge in [-0.15, -0.1) is 0 Å². The molecule has 0 saturated heterocycles. The third kappa shape index (κ3) is 4.38. The molecule has 0 aliphatic rings. The fourth-order valence-electron chi connectivity index (χ4n) is 2.75. The lowest BCUT2D eigenvalue weighted by atomic mass is 10.3. The Kier molecular flexibility index (Phi) is 5.67. The molecule has 1 aromatic heterocycles. The number of carbonyl (C=O) groups excluding carboxylic acids is 1. The van der Waals surface area contributed by atoms with Gasteiger partial charge in [0.25, 0.3) is 0 Å². The number of imidazole rings is 1. The zero-order valence-electron chi connectivity index (χ0n) is 14.4. The Balaban J connectivity index is 1.55. The smallest absolute Gasteiger partial charge is 0.226 e. The molecule has 0 bridgehead atoms. The maximum atomic E-state index is 12.2. The quantitative estimate of drug-likeness (QED) is 0.625. The van der Waals surface area contributed by atoms with Crippen LogP contribution in [0.3, 0.4) is 0 Å². The van der Waals surface area contributed by atoms with Crippen LogP contribution in [0, 0.1) is 0 Å². The first-order chi connectivity index (χ1) is 12.3. The van der Waals surface area contributed by atoms with Gasteiger partial charge in [-0.1, -0.05) is 37.3 Å². The van der Waals surface area contributed by atoms with Crippen molar-refractivity contribution in [3.63, 3.8) is 0 Å². The largest absolute Gasteiger partial charge is 0.494 e. The second-order valence-electron chi connectivity index (χ2n) is 5.89. The number of fused-ring (bicyclic) bond motifs is 1. The Morgan fingerprint density at radius 3 is 2.68 bits per heavy atom. The Labute approximate surface area is 147 Å². The van der Waals surface area contributed by atoms with E-state index < -0.39 is 0 Å². The normalized spacial score (nSPS) is 10.8. The lowest BCUT2D eigenvalue weighted by Gasteiger charge is -2.09. The van der Waals surface area contributed by atoms with E-state index in [-0.39, 0.29) is 5.91 Å². The predicted molar refractivity (Wildman–Crippen MR) is 99.8 cm³/mol. The SMILES string of the molecule is CCCn1c(NC(=O)CCCOc2ccccc2)nc2ccccc21. The van der Waals surface area contributed by atoms with Crippen LogP contribution in [0.15, 0.2) is 54.6 Å². The van der Waals surface area contributed by atoms with Gasteiger partial charge < -0.3 is 9.30 Å². The molecule has 3 aromatic rings. The first-order valence-corrected chi connectivity index (χ1v) is 8.71. The summed E-state index contributed by atoms with van der Waals surface area (Å²) in [5, 5.41) is 2.94. The molecule has 1 N–H and O–H groups in total. The number of aromatic nitrogens is 2. The van der Waals surface area contributed by atoms with Crippen LogP contribution in [0.5, 0.6) is 5.75 Å². The minimum Gasteiger partial charge on any atom is -0.494 e. The molecule has 5 heteroatoms. The zero-order valence-corrected chi connectivity index (χ0v) is 14.4. The van der Waals surface area contributed by atoms with Crippen molar-refractivity contribution in [1.29, 1.82) is 0 Å². The summed E-state index contributed by atoms with van der Waals surface area (Å²) in [6, 6.07) is 17.6. The first-order valence-electron chi connectivity index (χ1n) is 8.71. The van der Waals surface area contributed by atoms with Crippen LogP contribution in [-0.2, 0) is 11.3 Å². The molecule has 0 aliphatic carbocycles. The van der Waals surface area contributed by atoms with Crippen LogP contribution in [0.1, 0.15) is 26.2 Å². The molecular formula is C20H23N3O2. The number of rotatable bonds is 8. The number of hydrogen-bond donors (Lipinski definition) is 1. The summed E-state index contributed by atoms with van der Waals surface area (Å²) in [6.07, 6.45) is 2.05. The number of aryl methyl sites for hydroxylation is 1. The maximum absolute atomic E-state index is 12.2. The van der Waals surface area contributed by atoms with E-state index >= 15 is 0 Å². The van der Waals surface area contributed by atoms with Crippen molar-refractivity contribution < 1.29 is 9.53 Å². The topological polar surface area (TPSA) is 56.2 Å². The minimum atomic E-state index is -0.0377. The molecule has 0 aliphatic heterocycles. The van der Waals surface area contributed by atoms with Crippen molar-refractivity contribution in [2.45, 2.75) is 32.7 Å². The molecule has 130 valence electrons. The Hall–Kier alpha value is -2.82. The van der Waals surface area contributed by atoms with Gasteiger partial charge in [0, 0.05) is 13.0 Å². The Bertz CT molecular complexity index is 827. The molecule has 0 fully saturated rings. The average molecular weight is 337 g/mol. The average Bonchev–Trinajstić information content (AvgIpc) is 2.97. The van der Waals surface area contributed by atoms with E-state index in [0.29, 0.717) is 25.4 Å². The number of nitrogens with zero attached hydrogens (tertiary/aromatic N) is 2. The number of para-hydroxylation sites is 3. The van der Waals surface area contributed by atoms with Gasteiger partial charge in [0.05, 0.1) is 17.6 Å². The third-order valence-corrected chi connectivity index (χ3v) is 3.91. The molecule has 1 amide bonds. The van der Waals surface area contributed by atoms with Crippen molar-refractivity contribution in [3.8, 4) is 5.75 Å². The lowest BCUT2D eigenvalue weighted by Crippen LogP contribution is -2.16. The highest BCUT2D eigenvalue weighted by Gasteiger charge is 2.12. The molecule has 0 spiro atoms. The number of carbonyl (C=O) groups is 1. The number of ether oxygens (including phenoxy) is 1. The number of anilines is 1. The number of hydrogen-bond acceptors (Lipinski definition) is 3. The minimum absolute atomic E-state index is 0.0377. The molecule has 0 unspecified atom stereocenters. The molecule has 3 rings (SSSR count). The molecule has 0 atom stereocenters. The van der Waals surface area contributed by atoms with Crippen molar-refractivity contribution in [3.05, 3.63) is 54.6 Å². The van der Waals surface area contributed by atoms with E-state index in [2.05, 4.69) is 21.8 Å². The summed E-state index contributed by atoms with van der Waals surface area (Å²) in [4.78, 5) is 16.8. The maximum Gasteiger partial charge on any atom is 0.226 e. The van der Waals surface area contributed by atoms with Gasteiger partial charge in [-0.05, 0) is 37.1 Å². The summed E-state index contributed by atoms with van der Waals surface area (Å²) >= 11 is 0. The number of benzene rings is 2. The van der Waals surface area contributed by atoms with Crippen LogP contribution in [0.2, 0.25) is 0 Å². The van der Waals surface area contributed by atoms with Crippen LogP contribution in [0.25, 0.3) is 11.0 Å². The van der Waals surface area contributed by atoms with Gasteiger partial charge in [-0.25, -0.2) is 4.98 Å². The van der Waals surface area contributed by atoms with E-state index in [4.69, 9.17) is 4.74 Å². The molecule has 0 saturated carbocycles. The highest BCUT2D eigenvalue weighted by atomic mass is 16.5. The van der Waals surface area contributed by atoms with E-state index in [1.54, 1.807) is 0 Å². The molecule has 1 heterocycles. The van der Waals surface area contributed by atoms with E-state index in [0.717, 1.165) is 29.7 Å². The van der Waals surface area contributed by atoms with Crippen molar-refractivity contribution >= 4 is 22.9 Å². The van der Waals surface area contributed by atoms with Gasteiger partial charge in [-0.2, -0.15) is 0 Å². The van der Waals surface area contributed by atoms with Crippen LogP contribution < -0.4 is 10.1 Å². The van der Waals surface area contributed by atoms with Gasteiger partial charge in [0.2, 0.25) is 11.9 Å². The zero-order chi connectivity index (χ0) is 17.5. The van der Waals surface area contributed by atoms with E-state index in [1.807, 2.05) is 54.6 Å². The highest BCUT2D eigenvalue weighted by molar-refractivity contribution is 5.91. The molecule has 5 nitrogen and oxygen atoms in total. The van der Waals surface area contributed by atoms with Crippen molar-refractivity contribution in [2.75, 3.05) is 11.9 Å². The Morgan fingerprint density at radius 2 is 1.88 bits per heavy atom. The van der Waals surface area contributed by atoms with Crippen molar-refractivity contribution in [2.24, 2.45) is 0 Å². The van der Waals surface area contributed by atoms with Gasteiger partial charge in [0.1, 0.15) is 5.75 Å². The monoisotopic (exact) mass is 337 g/mol. The fraction of sp³-hybridized carbons (Fsp3) is 0.300. The molecule has 2 aromatic carbocycles. The van der Waals surface area contributed by atoms with Crippen LogP contribution in [-0.4, -0.2) is 22.1 Å². The molecular weight excluding hydrogens is 314 g/mol. The Morgan fingerprint density at radius 1 is 1.12 bits per heavy atom. The fourth-order valence-corrected chi connectivity index (χ4v) is 2.75. The van der Waals surface area contributed by atoms with E-state index in [1.165, 1.54) is 0 Å². The summed E-state index contributed by atoms with van der Waals surface area (Å²) in [7, 11) is 0. The van der Waals surface area contributed by atoms with Crippen molar-refractivity contribution in [1.82, 2.24) is 9.55 Å². The summed E-state index contributed by atoms with van der Waals surface area (Å²) in [6.45, 7) is 3.46. The van der Waals surface area contributed by atoms with Crippen LogP contribution in [0.4, 0.5) is 5.95 Å². The lowest BCUT2D eigenvalue weighted by molar-refractivity contribution is -0.116. The van der Waals surface area contributed by atoms with Gasteiger partial charge in [-0.3, -0.25) is 10.1 Å². The number of amides is 1. The van der Waals surface area contributed by atoms with Gasteiger partial charge in [0.15, 0.2) is 0 Å². The number of nitrogens with one attached hydrogen (secondary N) is 1. The highest BCUT2D eigenvalue weighted by Crippen LogP contribution is 2.20. The predicted octanol–water partition coefficient (Wildman–Crippen LogP) is 4.24. The summed E-state index contributed by atoms with van der Waals surface area (Å²) in [5.41, 5.74) is 1.95. The first kappa shape index (κ1) is 17.0.